The Morgan fingerprint density at radius 3 is 1.94 bits per heavy atom. The highest BCUT2D eigenvalue weighted by molar-refractivity contribution is 7.25. The van der Waals surface area contributed by atoms with Gasteiger partial charge in [0.15, 0.2) is 0 Å². The molecule has 1 fully saturated rings. The summed E-state index contributed by atoms with van der Waals surface area (Å²) in [5, 5.41) is 2.63. The summed E-state index contributed by atoms with van der Waals surface area (Å²) in [5.41, 5.74) is 21.9. The maximum Gasteiger partial charge on any atom is 0.252 e. The molecule has 9 aromatic rings. The predicted octanol–water partition coefficient (Wildman–Crippen LogP) is 16.4. The van der Waals surface area contributed by atoms with Crippen molar-refractivity contribution in [2.45, 2.75) is 110 Å². The minimum atomic E-state index is -0.0671. The van der Waals surface area contributed by atoms with E-state index >= 15 is 0 Å². The minimum Gasteiger partial charge on any atom is -0.334 e. The Kier molecular flexibility index (Phi) is 9.45. The number of hydrogen-bond donors (Lipinski definition) is 0. The minimum absolute atomic E-state index is 0.000537. The first-order valence-corrected chi connectivity index (χ1v) is 26.5. The quantitative estimate of drug-likeness (QED) is 0.163. The maximum atomic E-state index is 2.76. The summed E-state index contributed by atoms with van der Waals surface area (Å²) in [4.78, 5) is 8.03. The van der Waals surface area contributed by atoms with Crippen LogP contribution in [0.15, 0.2) is 164 Å². The Balaban J connectivity index is 1.12. The van der Waals surface area contributed by atoms with E-state index in [2.05, 4.69) is 241 Å². The van der Waals surface area contributed by atoms with E-state index < -0.39 is 0 Å². The van der Waals surface area contributed by atoms with Gasteiger partial charge in [-0.05, 0) is 155 Å². The molecule has 1 aliphatic carbocycles. The normalized spacial score (nSPS) is 19.3. The van der Waals surface area contributed by atoms with Crippen LogP contribution in [-0.4, -0.2) is 12.3 Å². The van der Waals surface area contributed by atoms with E-state index in [1.54, 1.807) is 0 Å². The molecule has 0 radical (unpaired) electrons. The highest BCUT2D eigenvalue weighted by Gasteiger charge is 2.58. The van der Waals surface area contributed by atoms with Crippen LogP contribution < -0.4 is 31.1 Å². The summed E-state index contributed by atoms with van der Waals surface area (Å²) in [5.74, 6) is 0. The van der Waals surface area contributed by atoms with Crippen molar-refractivity contribution < 1.29 is 0 Å². The Bertz CT molecular complexity index is 3610. The highest BCUT2D eigenvalue weighted by atomic mass is 32.1. The molecule has 2 unspecified atom stereocenters. The number of thiophene rings is 1. The molecule has 13 rings (SSSR count). The maximum absolute atomic E-state index is 2.76. The molecule has 1 saturated carbocycles. The number of benzene rings is 8. The number of fused-ring (bicyclic) bond motifs is 10. The zero-order valence-corrected chi connectivity index (χ0v) is 43.1. The number of hydrogen-bond acceptors (Lipinski definition) is 4. The molecule has 0 saturated heterocycles. The van der Waals surface area contributed by atoms with Gasteiger partial charge in [0.25, 0.3) is 6.71 Å². The molecule has 70 heavy (non-hydrogen) atoms. The zero-order chi connectivity index (χ0) is 48.1. The molecule has 0 bridgehead atoms. The molecule has 2 atom stereocenters. The summed E-state index contributed by atoms with van der Waals surface area (Å²) < 4.78 is 2.65. The summed E-state index contributed by atoms with van der Waals surface area (Å²) in [6, 6.07) is 63.7. The van der Waals surface area contributed by atoms with Crippen molar-refractivity contribution in [3.63, 3.8) is 0 Å². The number of rotatable bonds is 4. The van der Waals surface area contributed by atoms with Crippen LogP contribution in [0.1, 0.15) is 103 Å². The van der Waals surface area contributed by atoms with E-state index in [1.807, 2.05) is 11.3 Å². The summed E-state index contributed by atoms with van der Waals surface area (Å²) in [6.45, 7) is 21.5. The molecule has 1 aromatic heterocycles. The van der Waals surface area contributed by atoms with E-state index in [9.17, 15) is 0 Å². The van der Waals surface area contributed by atoms with E-state index in [-0.39, 0.29) is 28.5 Å². The van der Waals surface area contributed by atoms with Gasteiger partial charge in [-0.15, -0.1) is 11.3 Å². The monoisotopic (exact) mass is 927 g/mol. The summed E-state index contributed by atoms with van der Waals surface area (Å²) in [6.07, 6.45) is 4.87. The molecule has 3 nitrogen and oxygen atoms in total. The summed E-state index contributed by atoms with van der Waals surface area (Å²) >= 11 is 1.89. The van der Waals surface area contributed by atoms with Gasteiger partial charge < -0.3 is 14.7 Å². The predicted molar refractivity (Wildman–Crippen MR) is 304 cm³/mol. The first-order valence-electron chi connectivity index (χ1n) is 25.7. The molecule has 8 aromatic carbocycles. The van der Waals surface area contributed by atoms with Crippen LogP contribution in [0.3, 0.4) is 0 Å². The van der Waals surface area contributed by atoms with Crippen LogP contribution in [0.4, 0.5) is 45.5 Å². The topological polar surface area (TPSA) is 9.72 Å². The molecule has 4 aliphatic rings. The van der Waals surface area contributed by atoms with Gasteiger partial charge in [0, 0.05) is 71.0 Å². The lowest BCUT2D eigenvalue weighted by molar-refractivity contribution is 0.195. The molecule has 4 heterocycles. The van der Waals surface area contributed by atoms with E-state index in [1.165, 1.54) is 135 Å². The largest absolute Gasteiger partial charge is 0.334 e. The first kappa shape index (κ1) is 43.5. The smallest absolute Gasteiger partial charge is 0.252 e. The molecule has 5 heteroatoms. The lowest BCUT2D eigenvalue weighted by Crippen LogP contribution is -2.61. The summed E-state index contributed by atoms with van der Waals surface area (Å²) in [7, 11) is 0. The van der Waals surface area contributed by atoms with E-state index in [0.29, 0.717) is 0 Å². The third kappa shape index (κ3) is 6.26. The van der Waals surface area contributed by atoms with Crippen LogP contribution in [0.2, 0.25) is 0 Å². The fourth-order valence-corrected chi connectivity index (χ4v) is 14.4. The number of nitrogens with zero attached hydrogens (tertiary/aromatic N) is 3. The standard InChI is InChI=1S/C65H62BN3S/c1-41-35-57-61-58(36-41)68(53-30-25-43(62(2,3)4)37-48(53)42-19-11-10-12-20-42)56-40-46(69-54-23-15-14-22-50(54)64(8)33-17-18-34-65(64,69)9)27-29-51(56)66(61)52-38-44(63(5,6)7)26-31-55(52)67(57)45-28-32-60-49(39-45)47-21-13-16-24-59(47)70-60/h10-16,19-32,35-40H,17-18,33-34H2,1-9H3. The van der Waals surface area contributed by atoms with Gasteiger partial charge in [-0.2, -0.15) is 0 Å². The van der Waals surface area contributed by atoms with Crippen molar-refractivity contribution >= 4 is 100 Å². The van der Waals surface area contributed by atoms with Crippen LogP contribution in [0, 0.1) is 6.92 Å². The van der Waals surface area contributed by atoms with Crippen LogP contribution in [0.5, 0.6) is 0 Å². The van der Waals surface area contributed by atoms with Gasteiger partial charge in [0.2, 0.25) is 0 Å². The third-order valence-corrected chi connectivity index (χ3v) is 18.3. The van der Waals surface area contributed by atoms with Crippen molar-refractivity contribution in [3.8, 4) is 11.1 Å². The molecule has 0 N–H and O–H groups in total. The molecular weight excluding hydrogens is 866 g/mol. The van der Waals surface area contributed by atoms with Crippen molar-refractivity contribution in [1.82, 2.24) is 0 Å². The van der Waals surface area contributed by atoms with Crippen LogP contribution >= 0.6 is 11.3 Å². The fraction of sp³-hybridized carbons (Fsp3) is 0.262. The Morgan fingerprint density at radius 1 is 0.500 bits per heavy atom. The lowest BCUT2D eigenvalue weighted by atomic mass is 9.33. The average Bonchev–Trinajstić information content (AvgIpc) is 3.82. The SMILES string of the molecule is Cc1cc2c3c(c1)N(c1ccc(C(C)(C)C)cc1-c1ccccc1)c1cc(N4c5ccccc5C5(C)CCCCC45C)ccc1B3c1cc(C(C)(C)C)ccc1N2c1ccc2sc3ccccc3c2c1. The molecule has 0 spiro atoms. The van der Waals surface area contributed by atoms with Crippen molar-refractivity contribution in [1.29, 1.82) is 0 Å². The van der Waals surface area contributed by atoms with Crippen molar-refractivity contribution in [3.05, 3.63) is 186 Å². The second-order valence-electron chi connectivity index (χ2n) is 23.4. The molecule has 0 amide bonds. The highest BCUT2D eigenvalue weighted by Crippen LogP contribution is 2.61. The number of anilines is 8. The van der Waals surface area contributed by atoms with Gasteiger partial charge in [-0.3, -0.25) is 0 Å². The van der Waals surface area contributed by atoms with Gasteiger partial charge in [-0.1, -0.05) is 152 Å². The van der Waals surface area contributed by atoms with Gasteiger partial charge in [-0.25, -0.2) is 0 Å². The molecular formula is C65H62BN3S. The second kappa shape index (κ2) is 15.2. The van der Waals surface area contributed by atoms with Gasteiger partial charge in [0.05, 0.1) is 11.2 Å². The average molecular weight is 928 g/mol. The Labute approximate surface area is 419 Å². The lowest BCUT2D eigenvalue weighted by Gasteiger charge is -2.50. The van der Waals surface area contributed by atoms with Crippen molar-refractivity contribution in [2.24, 2.45) is 0 Å². The van der Waals surface area contributed by atoms with Crippen LogP contribution in [-0.2, 0) is 16.2 Å². The molecule has 346 valence electrons. The fourth-order valence-electron chi connectivity index (χ4n) is 13.3. The Hall–Kier alpha value is -6.56. The first-order chi connectivity index (χ1) is 33.6. The number of para-hydroxylation sites is 1. The second-order valence-corrected chi connectivity index (χ2v) is 24.5. The van der Waals surface area contributed by atoms with E-state index in [4.69, 9.17) is 0 Å². The zero-order valence-electron chi connectivity index (χ0n) is 42.2. The Morgan fingerprint density at radius 2 is 1.16 bits per heavy atom. The van der Waals surface area contributed by atoms with Gasteiger partial charge in [0.1, 0.15) is 0 Å². The number of aryl methyl sites for hydroxylation is 1. The van der Waals surface area contributed by atoms with Crippen LogP contribution in [0.25, 0.3) is 31.3 Å². The third-order valence-electron chi connectivity index (χ3n) is 17.1. The van der Waals surface area contributed by atoms with Gasteiger partial charge >= 0.3 is 0 Å². The van der Waals surface area contributed by atoms with E-state index in [0.717, 1.165) is 6.42 Å². The molecule has 3 aliphatic heterocycles. The van der Waals surface area contributed by atoms with Crippen molar-refractivity contribution in [2.75, 3.05) is 14.7 Å².